The van der Waals surface area contributed by atoms with Crippen molar-refractivity contribution in [2.24, 2.45) is 11.7 Å². The molecule has 206 valence electrons. The molecule has 0 saturated heterocycles. The minimum absolute atomic E-state index is 0.0103. The smallest absolute Gasteiger partial charge is 0.363 e. The zero-order chi connectivity index (χ0) is 28.4. The van der Waals surface area contributed by atoms with Crippen molar-refractivity contribution in [3.05, 3.63) is 89.0 Å². The molecule has 2 aromatic carbocycles. The van der Waals surface area contributed by atoms with Crippen LogP contribution in [0.4, 0.5) is 13.2 Å². The number of ketones is 1. The van der Waals surface area contributed by atoms with Crippen molar-refractivity contribution in [1.82, 2.24) is 19.8 Å². The third kappa shape index (κ3) is 8.37. The van der Waals surface area contributed by atoms with Crippen LogP contribution in [0.25, 0.3) is 0 Å². The first-order chi connectivity index (χ1) is 18.7. The number of nitriles is 1. The maximum Gasteiger partial charge on any atom is 0.416 e. The van der Waals surface area contributed by atoms with Crippen molar-refractivity contribution >= 4 is 23.1 Å². The summed E-state index contributed by atoms with van der Waals surface area (Å²) in [5.41, 5.74) is 7.50. The summed E-state index contributed by atoms with van der Waals surface area (Å²) in [4.78, 5) is 19.1. The van der Waals surface area contributed by atoms with Crippen LogP contribution in [0.3, 0.4) is 0 Å². The molecule has 0 saturated carbocycles. The van der Waals surface area contributed by atoms with Gasteiger partial charge < -0.3 is 20.5 Å². The lowest BCUT2D eigenvalue weighted by Gasteiger charge is -2.30. The van der Waals surface area contributed by atoms with Gasteiger partial charge in [-0.2, -0.15) is 18.4 Å². The van der Waals surface area contributed by atoms with E-state index in [-0.39, 0.29) is 42.5 Å². The van der Waals surface area contributed by atoms with Gasteiger partial charge in [-0.1, -0.05) is 37.3 Å². The number of imidazole rings is 1. The Balaban J connectivity index is 1.77. The standard InChI is InChI=1S/C28H31F3N6OS/c1-2-11-35-27(39)36(17-22-5-3-4-6-25(22)28(29,30)31)18-23(14-33)26(38)12-24-15-34-19-37(24)16-21-9-7-20(13-32)8-10-21/h3-10,15,19,23H,2,11-12,14,16-18,33H2,1H3,(H,35,39)/t23-/m0/s1. The van der Waals surface area contributed by atoms with E-state index in [4.69, 9.17) is 23.2 Å². The van der Waals surface area contributed by atoms with Crippen molar-refractivity contribution in [2.75, 3.05) is 19.6 Å². The Labute approximate surface area is 231 Å². The molecule has 3 rings (SSSR count). The van der Waals surface area contributed by atoms with Gasteiger partial charge in [0.1, 0.15) is 5.78 Å². The van der Waals surface area contributed by atoms with E-state index in [9.17, 15) is 18.0 Å². The highest BCUT2D eigenvalue weighted by molar-refractivity contribution is 7.80. The molecule has 11 heteroatoms. The van der Waals surface area contributed by atoms with Crippen molar-refractivity contribution in [3.8, 4) is 6.07 Å². The van der Waals surface area contributed by atoms with Gasteiger partial charge in [-0.15, -0.1) is 0 Å². The van der Waals surface area contributed by atoms with E-state index >= 15 is 0 Å². The summed E-state index contributed by atoms with van der Waals surface area (Å²) in [5, 5.41) is 12.3. The van der Waals surface area contributed by atoms with Gasteiger partial charge in [0.25, 0.3) is 0 Å². The van der Waals surface area contributed by atoms with Crippen molar-refractivity contribution < 1.29 is 18.0 Å². The minimum atomic E-state index is -4.52. The number of nitrogens with two attached hydrogens (primary N) is 1. The maximum absolute atomic E-state index is 13.6. The SMILES string of the molecule is CCCNC(=S)N(Cc1ccccc1C(F)(F)F)C[C@H](CN)C(=O)Cc1cncn1Cc1ccc(C#N)cc1. The number of Topliss-reactive ketones (excluding diaryl/α,β-unsaturated/α-hetero) is 1. The van der Waals surface area contributed by atoms with E-state index in [2.05, 4.69) is 16.4 Å². The molecule has 0 unspecified atom stereocenters. The van der Waals surface area contributed by atoms with Gasteiger partial charge in [0.2, 0.25) is 0 Å². The summed E-state index contributed by atoms with van der Waals surface area (Å²) >= 11 is 5.50. The fourth-order valence-electron chi connectivity index (χ4n) is 4.12. The second-order valence-electron chi connectivity index (χ2n) is 9.16. The largest absolute Gasteiger partial charge is 0.416 e. The molecule has 3 N–H and O–H groups in total. The highest BCUT2D eigenvalue weighted by Gasteiger charge is 2.34. The van der Waals surface area contributed by atoms with E-state index in [1.807, 2.05) is 23.6 Å². The Morgan fingerprint density at radius 2 is 1.95 bits per heavy atom. The number of thiocarbonyl (C=S) groups is 1. The first-order valence-corrected chi connectivity index (χ1v) is 13.0. The summed E-state index contributed by atoms with van der Waals surface area (Å²) in [5.74, 6) is -0.825. The predicted molar refractivity (Wildman–Crippen MR) is 146 cm³/mol. The topological polar surface area (TPSA) is 100.0 Å². The van der Waals surface area contributed by atoms with E-state index in [0.29, 0.717) is 24.3 Å². The van der Waals surface area contributed by atoms with Gasteiger partial charge in [0.15, 0.2) is 5.11 Å². The Kier molecular flexibility index (Phi) is 10.6. The Hall–Kier alpha value is -3.75. The number of carbonyl (C=O) groups is 1. The number of nitrogens with zero attached hydrogens (tertiary/aromatic N) is 4. The molecule has 1 heterocycles. The van der Waals surface area contributed by atoms with Crippen LogP contribution in [-0.2, 0) is 30.5 Å². The molecular formula is C28H31F3N6OS. The lowest BCUT2D eigenvalue weighted by atomic mass is 9.99. The van der Waals surface area contributed by atoms with Gasteiger partial charge in [-0.3, -0.25) is 4.79 Å². The van der Waals surface area contributed by atoms with Gasteiger partial charge in [0, 0.05) is 57.0 Å². The summed E-state index contributed by atoms with van der Waals surface area (Å²) in [6.07, 6.45) is -0.449. The number of benzene rings is 2. The molecule has 39 heavy (non-hydrogen) atoms. The third-order valence-electron chi connectivity index (χ3n) is 6.27. The van der Waals surface area contributed by atoms with Crippen LogP contribution in [0.2, 0.25) is 0 Å². The monoisotopic (exact) mass is 556 g/mol. The van der Waals surface area contributed by atoms with Gasteiger partial charge in [0.05, 0.1) is 23.5 Å². The fraction of sp³-hybridized carbons (Fsp3) is 0.357. The van der Waals surface area contributed by atoms with Crippen molar-refractivity contribution in [3.63, 3.8) is 0 Å². The Morgan fingerprint density at radius 1 is 1.23 bits per heavy atom. The quantitative estimate of drug-likeness (QED) is 0.321. The number of hydrogen-bond donors (Lipinski definition) is 2. The molecule has 7 nitrogen and oxygen atoms in total. The molecule has 3 aromatic rings. The van der Waals surface area contributed by atoms with E-state index in [1.165, 1.54) is 12.1 Å². The highest BCUT2D eigenvalue weighted by atomic mass is 32.1. The van der Waals surface area contributed by atoms with Crippen LogP contribution in [0.5, 0.6) is 0 Å². The second-order valence-corrected chi connectivity index (χ2v) is 9.55. The van der Waals surface area contributed by atoms with Crippen LogP contribution in [0.15, 0.2) is 61.1 Å². The number of hydrogen-bond acceptors (Lipinski definition) is 5. The minimum Gasteiger partial charge on any atom is -0.363 e. The van der Waals surface area contributed by atoms with Crippen LogP contribution in [-0.4, -0.2) is 45.0 Å². The molecule has 1 aromatic heterocycles. The van der Waals surface area contributed by atoms with E-state index in [0.717, 1.165) is 18.1 Å². The lowest BCUT2D eigenvalue weighted by Crippen LogP contribution is -2.45. The number of nitrogens with one attached hydrogen (secondary N) is 1. The van der Waals surface area contributed by atoms with E-state index in [1.54, 1.807) is 35.6 Å². The molecule has 1 atom stereocenters. The van der Waals surface area contributed by atoms with Gasteiger partial charge >= 0.3 is 6.18 Å². The summed E-state index contributed by atoms with van der Waals surface area (Å²) in [7, 11) is 0. The first kappa shape index (κ1) is 29.8. The third-order valence-corrected chi connectivity index (χ3v) is 6.67. The zero-order valence-corrected chi connectivity index (χ0v) is 22.4. The number of aromatic nitrogens is 2. The molecule has 0 spiro atoms. The average molecular weight is 557 g/mol. The molecule has 0 aliphatic carbocycles. The summed E-state index contributed by atoms with van der Waals surface area (Å²) < 4.78 is 42.8. The van der Waals surface area contributed by atoms with Crippen molar-refractivity contribution in [2.45, 2.75) is 39.0 Å². The average Bonchev–Trinajstić information content (AvgIpc) is 3.35. The molecule has 0 bridgehead atoms. The second kappa shape index (κ2) is 13.9. The van der Waals surface area contributed by atoms with Crippen LogP contribution in [0, 0.1) is 17.2 Å². The number of rotatable bonds is 12. The van der Waals surface area contributed by atoms with Gasteiger partial charge in [-0.25, -0.2) is 4.98 Å². The molecule has 0 amide bonds. The molecular weight excluding hydrogens is 525 g/mol. The number of alkyl halides is 3. The van der Waals surface area contributed by atoms with Crippen LogP contribution >= 0.6 is 12.2 Å². The number of carbonyl (C=O) groups excluding carboxylic acids is 1. The van der Waals surface area contributed by atoms with Crippen LogP contribution < -0.4 is 11.1 Å². The molecule has 0 radical (unpaired) electrons. The van der Waals surface area contributed by atoms with Crippen molar-refractivity contribution in [1.29, 1.82) is 5.26 Å². The Bertz CT molecular complexity index is 1300. The normalized spacial score (nSPS) is 12.0. The maximum atomic E-state index is 13.6. The van der Waals surface area contributed by atoms with Crippen LogP contribution in [0.1, 0.15) is 41.3 Å². The predicted octanol–water partition coefficient (Wildman–Crippen LogP) is 4.30. The van der Waals surface area contributed by atoms with Gasteiger partial charge in [-0.05, 0) is 48.0 Å². The molecule has 0 aliphatic rings. The number of halogens is 3. The highest BCUT2D eigenvalue weighted by Crippen LogP contribution is 2.32. The molecule has 0 aliphatic heterocycles. The summed E-state index contributed by atoms with van der Waals surface area (Å²) in [6, 6.07) is 14.6. The summed E-state index contributed by atoms with van der Waals surface area (Å²) in [6.45, 7) is 2.92. The first-order valence-electron chi connectivity index (χ1n) is 12.5. The lowest BCUT2D eigenvalue weighted by molar-refractivity contribution is -0.138. The fourth-order valence-corrected chi connectivity index (χ4v) is 4.36. The molecule has 0 fully saturated rings. The Morgan fingerprint density at radius 3 is 2.59 bits per heavy atom. The zero-order valence-electron chi connectivity index (χ0n) is 21.6. The van der Waals surface area contributed by atoms with E-state index < -0.39 is 17.7 Å².